The number of benzene rings is 1. The third kappa shape index (κ3) is 6.81. The van der Waals surface area contributed by atoms with E-state index in [1.807, 2.05) is 6.07 Å². The molecule has 19 heavy (non-hydrogen) atoms. The van der Waals surface area contributed by atoms with Crippen LogP contribution in [0.1, 0.15) is 52.0 Å². The summed E-state index contributed by atoms with van der Waals surface area (Å²) in [5.74, 6) is 0. The molecule has 1 rings (SSSR count). The van der Waals surface area contributed by atoms with Crippen LogP contribution in [0.2, 0.25) is 0 Å². The summed E-state index contributed by atoms with van der Waals surface area (Å²) in [7, 11) is 0. The molecular weight excluding hydrogens is 228 g/mol. The van der Waals surface area contributed by atoms with Gasteiger partial charge in [-0.25, -0.2) is 0 Å². The van der Waals surface area contributed by atoms with Crippen LogP contribution in [-0.4, -0.2) is 0 Å². The van der Waals surface area contributed by atoms with Crippen LogP contribution in [0.25, 0.3) is 6.08 Å². The first-order valence-corrected chi connectivity index (χ1v) is 7.11. The van der Waals surface area contributed by atoms with E-state index in [9.17, 15) is 0 Å². The molecule has 102 valence electrons. The zero-order valence-corrected chi connectivity index (χ0v) is 12.6. The average Bonchev–Trinajstić information content (AvgIpc) is 2.39. The van der Waals surface area contributed by atoms with E-state index in [-0.39, 0.29) is 0 Å². The van der Waals surface area contributed by atoms with Gasteiger partial charge in [0.15, 0.2) is 0 Å². The van der Waals surface area contributed by atoms with E-state index < -0.39 is 0 Å². The van der Waals surface area contributed by atoms with Crippen LogP contribution in [-0.2, 0) is 0 Å². The number of unbranched alkanes of at least 4 members (excludes halogenated alkanes) is 1. The van der Waals surface area contributed by atoms with Crippen molar-refractivity contribution in [2.45, 2.75) is 46.5 Å². The first-order valence-electron chi connectivity index (χ1n) is 7.11. The second-order valence-electron chi connectivity index (χ2n) is 5.41. The van der Waals surface area contributed by atoms with Crippen molar-refractivity contribution in [3.05, 3.63) is 65.3 Å². The fourth-order valence-electron chi connectivity index (χ4n) is 1.89. The van der Waals surface area contributed by atoms with Crippen LogP contribution in [0.15, 0.2) is 59.7 Å². The van der Waals surface area contributed by atoms with Gasteiger partial charge in [-0.1, -0.05) is 65.8 Å². The summed E-state index contributed by atoms with van der Waals surface area (Å²) in [6, 6.07) is 10.5. The molecule has 1 aromatic rings. The molecule has 0 aliphatic carbocycles. The molecule has 0 fully saturated rings. The summed E-state index contributed by atoms with van der Waals surface area (Å²) in [4.78, 5) is 0. The molecule has 0 saturated carbocycles. The van der Waals surface area contributed by atoms with Crippen molar-refractivity contribution in [3.8, 4) is 0 Å². The highest BCUT2D eigenvalue weighted by Gasteiger charge is 1.97. The van der Waals surface area contributed by atoms with Crippen LogP contribution >= 0.6 is 0 Å². The summed E-state index contributed by atoms with van der Waals surface area (Å²) < 4.78 is 0. The highest BCUT2D eigenvalue weighted by Crippen LogP contribution is 2.17. The maximum absolute atomic E-state index is 4.17. The highest BCUT2D eigenvalue weighted by molar-refractivity contribution is 5.48. The van der Waals surface area contributed by atoms with Crippen molar-refractivity contribution in [2.75, 3.05) is 0 Å². The summed E-state index contributed by atoms with van der Waals surface area (Å²) in [5, 5.41) is 0. The lowest BCUT2D eigenvalue weighted by Gasteiger charge is -2.06. The standard InChI is InChI=1S/C19H26/c1-16(2)18(4)15-17(3)11-7-5-8-12-19-13-9-6-10-14-19/h6,8-10,12-14H,3,5,7,11,15H2,1-2,4H3. The Bertz CT molecular complexity index is 442. The second-order valence-corrected chi connectivity index (χ2v) is 5.41. The van der Waals surface area contributed by atoms with Gasteiger partial charge in [0.25, 0.3) is 0 Å². The van der Waals surface area contributed by atoms with E-state index in [1.165, 1.54) is 28.7 Å². The van der Waals surface area contributed by atoms with Crippen LogP contribution in [0.5, 0.6) is 0 Å². The average molecular weight is 254 g/mol. The van der Waals surface area contributed by atoms with E-state index in [0.29, 0.717) is 0 Å². The molecule has 0 saturated heterocycles. The van der Waals surface area contributed by atoms with E-state index in [1.54, 1.807) is 0 Å². The molecule has 0 heterocycles. The van der Waals surface area contributed by atoms with Crippen molar-refractivity contribution in [2.24, 2.45) is 0 Å². The topological polar surface area (TPSA) is 0 Å². The Morgan fingerprint density at radius 2 is 1.79 bits per heavy atom. The van der Waals surface area contributed by atoms with Gasteiger partial charge in [0.05, 0.1) is 0 Å². The lowest BCUT2D eigenvalue weighted by molar-refractivity contribution is 0.810. The molecule has 0 heteroatoms. The van der Waals surface area contributed by atoms with Gasteiger partial charge >= 0.3 is 0 Å². The van der Waals surface area contributed by atoms with Gasteiger partial charge in [-0.05, 0) is 52.0 Å². The van der Waals surface area contributed by atoms with E-state index in [2.05, 4.69) is 63.8 Å². The molecule has 0 radical (unpaired) electrons. The van der Waals surface area contributed by atoms with E-state index in [4.69, 9.17) is 0 Å². The van der Waals surface area contributed by atoms with Gasteiger partial charge in [0.1, 0.15) is 0 Å². The second kappa shape index (κ2) is 8.53. The van der Waals surface area contributed by atoms with Crippen molar-refractivity contribution >= 4 is 6.08 Å². The fourth-order valence-corrected chi connectivity index (χ4v) is 1.89. The minimum Gasteiger partial charge on any atom is -0.0995 e. The van der Waals surface area contributed by atoms with Gasteiger partial charge in [-0.2, -0.15) is 0 Å². The lowest BCUT2D eigenvalue weighted by atomic mass is 10.00. The first kappa shape index (κ1) is 15.5. The van der Waals surface area contributed by atoms with E-state index >= 15 is 0 Å². The minimum absolute atomic E-state index is 1.06. The number of hydrogen-bond acceptors (Lipinski definition) is 0. The van der Waals surface area contributed by atoms with Gasteiger partial charge in [-0.3, -0.25) is 0 Å². The quantitative estimate of drug-likeness (QED) is 0.403. The summed E-state index contributed by atoms with van der Waals surface area (Å²) in [6.45, 7) is 10.7. The van der Waals surface area contributed by atoms with Gasteiger partial charge in [-0.15, -0.1) is 0 Å². The van der Waals surface area contributed by atoms with Crippen LogP contribution in [0.4, 0.5) is 0 Å². The Hall–Kier alpha value is -1.56. The number of rotatable bonds is 7. The predicted molar refractivity (Wildman–Crippen MR) is 87.1 cm³/mol. The van der Waals surface area contributed by atoms with Crippen LogP contribution in [0, 0.1) is 0 Å². The van der Waals surface area contributed by atoms with Crippen LogP contribution in [0.3, 0.4) is 0 Å². The normalized spacial score (nSPS) is 10.7. The fraction of sp³-hybridized carbons (Fsp3) is 0.368. The van der Waals surface area contributed by atoms with Crippen molar-refractivity contribution < 1.29 is 0 Å². The molecule has 0 aromatic heterocycles. The SMILES string of the molecule is C=C(CCCC=Cc1ccccc1)CC(C)=C(C)C. The smallest absolute Gasteiger partial charge is 0.0111 e. The van der Waals surface area contributed by atoms with Gasteiger partial charge in [0, 0.05) is 0 Å². The Balaban J connectivity index is 2.23. The molecule has 0 nitrogen and oxygen atoms in total. The number of allylic oxidation sites excluding steroid dienone is 4. The monoisotopic (exact) mass is 254 g/mol. The van der Waals surface area contributed by atoms with Crippen molar-refractivity contribution in [3.63, 3.8) is 0 Å². The van der Waals surface area contributed by atoms with Crippen molar-refractivity contribution in [1.82, 2.24) is 0 Å². The molecule has 0 bridgehead atoms. The minimum atomic E-state index is 1.06. The summed E-state index contributed by atoms with van der Waals surface area (Å²) in [6.07, 6.45) is 8.97. The Morgan fingerprint density at radius 1 is 1.11 bits per heavy atom. The Morgan fingerprint density at radius 3 is 2.42 bits per heavy atom. The molecule has 0 amide bonds. The molecular formula is C19H26. The molecule has 0 unspecified atom stereocenters. The molecule has 0 aliphatic rings. The summed E-state index contributed by atoms with van der Waals surface area (Å²) in [5.41, 5.74) is 5.52. The first-order chi connectivity index (χ1) is 9.09. The largest absolute Gasteiger partial charge is 0.0995 e. The molecule has 0 atom stereocenters. The van der Waals surface area contributed by atoms with E-state index in [0.717, 1.165) is 19.3 Å². The molecule has 0 N–H and O–H groups in total. The highest BCUT2D eigenvalue weighted by atomic mass is 14.0. The maximum atomic E-state index is 4.17. The maximum Gasteiger partial charge on any atom is -0.0111 e. The molecule has 1 aromatic carbocycles. The zero-order chi connectivity index (χ0) is 14.1. The third-order valence-corrected chi connectivity index (χ3v) is 3.38. The Labute approximate surface area is 118 Å². The third-order valence-electron chi connectivity index (χ3n) is 3.38. The van der Waals surface area contributed by atoms with Crippen molar-refractivity contribution in [1.29, 1.82) is 0 Å². The summed E-state index contributed by atoms with van der Waals surface area (Å²) >= 11 is 0. The molecule has 0 spiro atoms. The Kier molecular flexibility index (Phi) is 6.95. The number of hydrogen-bond donors (Lipinski definition) is 0. The lowest BCUT2D eigenvalue weighted by Crippen LogP contribution is -1.86. The zero-order valence-electron chi connectivity index (χ0n) is 12.6. The molecule has 0 aliphatic heterocycles. The van der Waals surface area contributed by atoms with Crippen LogP contribution < -0.4 is 0 Å². The predicted octanol–water partition coefficient (Wildman–Crippen LogP) is 6.17. The van der Waals surface area contributed by atoms with Gasteiger partial charge < -0.3 is 0 Å². The van der Waals surface area contributed by atoms with Gasteiger partial charge in [0.2, 0.25) is 0 Å².